The fourth-order valence-corrected chi connectivity index (χ4v) is 3.51. The van der Waals surface area contributed by atoms with E-state index in [4.69, 9.17) is 30.5 Å². The SMILES string of the molecule is COCCCOc1cc2c(cc1Cl)-c1cc(=O)c(OC)cn1[C@H](C(C)C)CO2. The summed E-state index contributed by atoms with van der Waals surface area (Å²) in [5.74, 6) is 1.80. The second kappa shape index (κ2) is 8.88. The average molecular weight is 408 g/mol. The van der Waals surface area contributed by atoms with Crippen LogP contribution >= 0.6 is 11.6 Å². The first-order chi connectivity index (χ1) is 13.5. The molecule has 0 fully saturated rings. The van der Waals surface area contributed by atoms with E-state index in [1.165, 1.54) is 7.11 Å². The molecule has 152 valence electrons. The molecule has 0 amide bonds. The molecule has 0 radical (unpaired) electrons. The summed E-state index contributed by atoms with van der Waals surface area (Å²) >= 11 is 6.47. The Balaban J connectivity index is 2.06. The summed E-state index contributed by atoms with van der Waals surface area (Å²) in [7, 11) is 3.15. The Bertz CT molecular complexity index is 893. The van der Waals surface area contributed by atoms with Crippen LogP contribution in [0.15, 0.2) is 29.2 Å². The minimum absolute atomic E-state index is 0.0433. The smallest absolute Gasteiger partial charge is 0.223 e. The molecule has 0 aliphatic carbocycles. The first kappa shape index (κ1) is 20.6. The number of benzene rings is 1. The van der Waals surface area contributed by atoms with Crippen LogP contribution in [0.25, 0.3) is 11.3 Å². The highest BCUT2D eigenvalue weighted by Gasteiger charge is 2.27. The molecular weight excluding hydrogens is 382 g/mol. The molecule has 7 heteroatoms. The van der Waals surface area contributed by atoms with Crippen LogP contribution in [0.4, 0.5) is 0 Å². The molecule has 0 saturated carbocycles. The van der Waals surface area contributed by atoms with Crippen molar-refractivity contribution in [3.8, 4) is 28.5 Å². The first-order valence-electron chi connectivity index (χ1n) is 9.35. The van der Waals surface area contributed by atoms with E-state index in [2.05, 4.69) is 13.8 Å². The van der Waals surface area contributed by atoms with Gasteiger partial charge in [-0.05, 0) is 12.0 Å². The molecular formula is C21H26ClNO5. The van der Waals surface area contributed by atoms with Crippen molar-refractivity contribution in [1.82, 2.24) is 4.57 Å². The maximum absolute atomic E-state index is 12.4. The molecule has 0 unspecified atom stereocenters. The van der Waals surface area contributed by atoms with Gasteiger partial charge in [0.15, 0.2) is 5.75 Å². The maximum Gasteiger partial charge on any atom is 0.223 e. The van der Waals surface area contributed by atoms with E-state index in [9.17, 15) is 4.79 Å². The molecule has 0 saturated heterocycles. The van der Waals surface area contributed by atoms with Crippen molar-refractivity contribution >= 4 is 11.6 Å². The van der Waals surface area contributed by atoms with Crippen LogP contribution in [0.1, 0.15) is 26.3 Å². The van der Waals surface area contributed by atoms with Crippen LogP contribution in [-0.4, -0.2) is 38.6 Å². The number of hydrogen-bond acceptors (Lipinski definition) is 5. The summed E-state index contributed by atoms with van der Waals surface area (Å²) in [6.45, 7) is 5.82. The zero-order chi connectivity index (χ0) is 20.3. The Morgan fingerprint density at radius 2 is 2.00 bits per heavy atom. The van der Waals surface area contributed by atoms with E-state index in [1.807, 2.05) is 4.57 Å². The van der Waals surface area contributed by atoms with Crippen molar-refractivity contribution in [3.63, 3.8) is 0 Å². The van der Waals surface area contributed by atoms with Crippen LogP contribution in [-0.2, 0) is 4.74 Å². The molecule has 1 aliphatic rings. The summed E-state index contributed by atoms with van der Waals surface area (Å²) < 4.78 is 24.2. The lowest BCUT2D eigenvalue weighted by atomic mass is 10.0. The fraction of sp³-hybridized carbons (Fsp3) is 0.476. The monoisotopic (exact) mass is 407 g/mol. The number of aromatic nitrogens is 1. The van der Waals surface area contributed by atoms with Crippen LogP contribution < -0.4 is 19.6 Å². The molecule has 0 N–H and O–H groups in total. The molecule has 0 spiro atoms. The summed E-state index contributed by atoms with van der Waals surface area (Å²) in [5, 5.41) is 0.470. The van der Waals surface area contributed by atoms with Crippen molar-refractivity contribution in [2.45, 2.75) is 26.3 Å². The van der Waals surface area contributed by atoms with Gasteiger partial charge in [0.1, 0.15) is 18.1 Å². The number of pyridine rings is 1. The molecule has 3 rings (SSSR count). The van der Waals surface area contributed by atoms with Crippen molar-refractivity contribution in [2.24, 2.45) is 5.92 Å². The largest absolute Gasteiger partial charge is 0.492 e. The van der Waals surface area contributed by atoms with Gasteiger partial charge in [-0.3, -0.25) is 4.79 Å². The topological polar surface area (TPSA) is 58.9 Å². The van der Waals surface area contributed by atoms with Crippen molar-refractivity contribution in [2.75, 3.05) is 34.0 Å². The fourth-order valence-electron chi connectivity index (χ4n) is 3.29. The first-order valence-corrected chi connectivity index (χ1v) is 9.72. The molecule has 1 aromatic carbocycles. The zero-order valence-corrected chi connectivity index (χ0v) is 17.4. The molecule has 0 bridgehead atoms. The minimum atomic E-state index is -0.180. The third-order valence-corrected chi connectivity index (χ3v) is 5.16. The molecule has 2 aromatic rings. The summed E-state index contributed by atoms with van der Waals surface area (Å²) in [5.41, 5.74) is 1.34. The van der Waals surface area contributed by atoms with E-state index in [0.29, 0.717) is 48.0 Å². The predicted molar refractivity (Wildman–Crippen MR) is 109 cm³/mol. The summed E-state index contributed by atoms with van der Waals surface area (Å²) in [4.78, 5) is 12.4. The minimum Gasteiger partial charge on any atom is -0.492 e. The third-order valence-electron chi connectivity index (χ3n) is 4.86. The van der Waals surface area contributed by atoms with E-state index < -0.39 is 0 Å². The quantitative estimate of drug-likeness (QED) is 0.644. The third kappa shape index (κ3) is 4.13. The number of methoxy groups -OCH3 is 2. The predicted octanol–water partition coefficient (Wildman–Crippen LogP) is 4.18. The highest BCUT2D eigenvalue weighted by molar-refractivity contribution is 6.32. The lowest BCUT2D eigenvalue weighted by molar-refractivity contribution is 0.172. The van der Waals surface area contributed by atoms with Crippen molar-refractivity contribution < 1.29 is 18.9 Å². The van der Waals surface area contributed by atoms with Crippen molar-refractivity contribution in [1.29, 1.82) is 0 Å². The Labute approximate surface area is 169 Å². The Morgan fingerprint density at radius 1 is 1.21 bits per heavy atom. The zero-order valence-electron chi connectivity index (χ0n) is 16.7. The van der Waals surface area contributed by atoms with Gasteiger partial charge >= 0.3 is 0 Å². The van der Waals surface area contributed by atoms with Gasteiger partial charge in [0.2, 0.25) is 5.43 Å². The Kier molecular flexibility index (Phi) is 6.52. The van der Waals surface area contributed by atoms with E-state index in [0.717, 1.165) is 17.7 Å². The standard InChI is InChI=1S/C21H26ClNO5/c1-13(2)17-12-28-19-10-20(27-7-5-6-25-3)15(22)8-14(19)16-9-18(24)21(26-4)11-23(16)17/h8-11,13,17H,5-7,12H2,1-4H3/t17-/m0/s1. The van der Waals surface area contributed by atoms with Crippen LogP contribution in [0.3, 0.4) is 0 Å². The normalized spacial score (nSPS) is 15.4. The van der Waals surface area contributed by atoms with Crippen LogP contribution in [0, 0.1) is 5.92 Å². The Hall–Kier alpha value is -2.18. The molecule has 1 atom stereocenters. The highest BCUT2D eigenvalue weighted by Crippen LogP contribution is 2.42. The van der Waals surface area contributed by atoms with Gasteiger partial charge in [0, 0.05) is 37.8 Å². The lowest BCUT2D eigenvalue weighted by Crippen LogP contribution is -2.23. The van der Waals surface area contributed by atoms with E-state index >= 15 is 0 Å². The lowest BCUT2D eigenvalue weighted by Gasteiger charge is -2.24. The van der Waals surface area contributed by atoms with E-state index in [-0.39, 0.29) is 11.5 Å². The molecule has 6 nitrogen and oxygen atoms in total. The van der Waals surface area contributed by atoms with Gasteiger partial charge in [0.25, 0.3) is 0 Å². The Morgan fingerprint density at radius 3 is 2.68 bits per heavy atom. The number of ether oxygens (including phenoxy) is 4. The molecule has 28 heavy (non-hydrogen) atoms. The van der Waals surface area contributed by atoms with E-state index in [1.54, 1.807) is 31.5 Å². The number of nitrogens with zero attached hydrogens (tertiary/aromatic N) is 1. The average Bonchev–Trinajstić information content (AvgIpc) is 2.81. The molecule has 1 aromatic heterocycles. The second-order valence-electron chi connectivity index (χ2n) is 7.09. The van der Waals surface area contributed by atoms with Gasteiger partial charge in [-0.25, -0.2) is 0 Å². The van der Waals surface area contributed by atoms with Crippen molar-refractivity contribution in [3.05, 3.63) is 39.6 Å². The van der Waals surface area contributed by atoms with Gasteiger partial charge in [-0.1, -0.05) is 25.4 Å². The molecule has 1 aliphatic heterocycles. The van der Waals surface area contributed by atoms with Crippen LogP contribution in [0.2, 0.25) is 5.02 Å². The number of fused-ring (bicyclic) bond motifs is 3. The molecule has 2 heterocycles. The van der Waals surface area contributed by atoms with Crippen LogP contribution in [0.5, 0.6) is 17.2 Å². The van der Waals surface area contributed by atoms with Gasteiger partial charge in [-0.2, -0.15) is 0 Å². The van der Waals surface area contributed by atoms with Gasteiger partial charge < -0.3 is 23.5 Å². The summed E-state index contributed by atoms with van der Waals surface area (Å²) in [6, 6.07) is 5.22. The maximum atomic E-state index is 12.4. The summed E-state index contributed by atoms with van der Waals surface area (Å²) in [6.07, 6.45) is 2.52. The second-order valence-corrected chi connectivity index (χ2v) is 7.50. The number of halogens is 1. The highest BCUT2D eigenvalue weighted by atomic mass is 35.5. The number of hydrogen-bond donors (Lipinski definition) is 0. The number of rotatable bonds is 7. The van der Waals surface area contributed by atoms with Gasteiger partial charge in [0.05, 0.1) is 36.7 Å². The van der Waals surface area contributed by atoms with Gasteiger partial charge in [-0.15, -0.1) is 0 Å².